The van der Waals surface area contributed by atoms with E-state index in [2.05, 4.69) is 15.1 Å². The molecule has 2 aliphatic rings. The van der Waals surface area contributed by atoms with Crippen molar-refractivity contribution in [2.45, 2.75) is 25.0 Å². The standard InChI is InChI=1S/C17H27N3O4.2ClH/c21-15(16-4-2-10-24-16)12-19-5-7-20(8-6-19)13-17(22)18-11-14-3-1-9-23-14;;/h2,4,10,14-15,21H,1,3,5-9,11-13H2,(H,18,22);2*1H. The molecule has 1 amide bonds. The van der Waals surface area contributed by atoms with Gasteiger partial charge in [-0.2, -0.15) is 0 Å². The first-order valence-electron chi connectivity index (χ1n) is 8.75. The van der Waals surface area contributed by atoms with Crippen LogP contribution in [0.2, 0.25) is 0 Å². The predicted octanol–water partition coefficient (Wildman–Crippen LogP) is 1.07. The van der Waals surface area contributed by atoms with Gasteiger partial charge in [-0.25, -0.2) is 0 Å². The lowest BCUT2D eigenvalue weighted by Gasteiger charge is -2.35. The summed E-state index contributed by atoms with van der Waals surface area (Å²) in [6, 6.07) is 3.57. The van der Waals surface area contributed by atoms with Crippen LogP contribution in [0.1, 0.15) is 24.7 Å². The number of ether oxygens (including phenoxy) is 1. The number of aliphatic hydroxyl groups is 1. The molecule has 2 saturated heterocycles. The van der Waals surface area contributed by atoms with Crippen LogP contribution in [0.15, 0.2) is 22.8 Å². The average Bonchev–Trinajstić information content (AvgIpc) is 3.28. The number of carbonyl (C=O) groups excluding carboxylic acids is 1. The summed E-state index contributed by atoms with van der Waals surface area (Å²) in [7, 11) is 0. The monoisotopic (exact) mass is 409 g/mol. The third-order valence-electron chi connectivity index (χ3n) is 4.69. The van der Waals surface area contributed by atoms with Gasteiger partial charge in [-0.3, -0.25) is 14.6 Å². The highest BCUT2D eigenvalue weighted by atomic mass is 35.5. The zero-order chi connectivity index (χ0) is 16.8. The second-order valence-corrected chi connectivity index (χ2v) is 6.55. The van der Waals surface area contributed by atoms with Crippen molar-refractivity contribution in [1.29, 1.82) is 0 Å². The Bertz CT molecular complexity index is 504. The van der Waals surface area contributed by atoms with E-state index in [0.29, 0.717) is 25.4 Å². The van der Waals surface area contributed by atoms with Gasteiger partial charge in [-0.15, -0.1) is 24.8 Å². The summed E-state index contributed by atoms with van der Waals surface area (Å²) in [5, 5.41) is 13.1. The topological polar surface area (TPSA) is 78.2 Å². The molecular weight excluding hydrogens is 381 g/mol. The highest BCUT2D eigenvalue weighted by Gasteiger charge is 2.23. The number of nitrogens with zero attached hydrogens (tertiary/aromatic N) is 2. The van der Waals surface area contributed by atoms with Gasteiger partial charge in [0.25, 0.3) is 0 Å². The van der Waals surface area contributed by atoms with E-state index in [1.54, 1.807) is 18.4 Å². The molecule has 26 heavy (non-hydrogen) atoms. The van der Waals surface area contributed by atoms with Gasteiger partial charge in [-0.1, -0.05) is 0 Å². The number of furan rings is 1. The van der Waals surface area contributed by atoms with Crippen molar-refractivity contribution in [3.05, 3.63) is 24.2 Å². The molecule has 0 aromatic carbocycles. The maximum absolute atomic E-state index is 12.0. The highest BCUT2D eigenvalue weighted by Crippen LogP contribution is 2.15. The summed E-state index contributed by atoms with van der Waals surface area (Å²) < 4.78 is 10.7. The Morgan fingerprint density at radius 2 is 2.00 bits per heavy atom. The van der Waals surface area contributed by atoms with Gasteiger partial charge in [0.1, 0.15) is 11.9 Å². The van der Waals surface area contributed by atoms with E-state index in [-0.39, 0.29) is 36.8 Å². The number of nitrogens with one attached hydrogen (secondary N) is 1. The van der Waals surface area contributed by atoms with Crippen LogP contribution in [0.4, 0.5) is 0 Å². The zero-order valence-corrected chi connectivity index (χ0v) is 16.5. The van der Waals surface area contributed by atoms with E-state index in [1.807, 2.05) is 0 Å². The number of amides is 1. The van der Waals surface area contributed by atoms with E-state index in [0.717, 1.165) is 45.6 Å². The number of β-amino-alcohol motifs (C(OH)–C–C–N with tert-alkyl or cyclic N) is 1. The number of hydrogen-bond acceptors (Lipinski definition) is 6. The molecule has 2 N–H and O–H groups in total. The van der Waals surface area contributed by atoms with Crippen LogP contribution in [-0.4, -0.2) is 79.3 Å². The second kappa shape index (κ2) is 11.8. The van der Waals surface area contributed by atoms with E-state index >= 15 is 0 Å². The molecule has 9 heteroatoms. The SMILES string of the molecule is Cl.Cl.O=C(CN1CCN(CC(O)c2ccco2)CC1)NCC1CCCO1. The molecule has 150 valence electrons. The molecule has 2 atom stereocenters. The Kier molecular flexibility index (Phi) is 10.5. The molecule has 7 nitrogen and oxygen atoms in total. The molecule has 2 fully saturated rings. The van der Waals surface area contributed by atoms with Gasteiger partial charge >= 0.3 is 0 Å². The number of piperazine rings is 1. The fourth-order valence-corrected chi connectivity index (χ4v) is 3.24. The van der Waals surface area contributed by atoms with Crippen LogP contribution in [0.3, 0.4) is 0 Å². The lowest BCUT2D eigenvalue weighted by atomic mass is 10.2. The summed E-state index contributed by atoms with van der Waals surface area (Å²) in [4.78, 5) is 16.4. The van der Waals surface area contributed by atoms with Crippen molar-refractivity contribution >= 4 is 30.7 Å². The number of halogens is 2. The first-order valence-corrected chi connectivity index (χ1v) is 8.75. The third-order valence-corrected chi connectivity index (χ3v) is 4.69. The molecule has 3 heterocycles. The Morgan fingerprint density at radius 3 is 2.62 bits per heavy atom. The molecule has 1 aromatic rings. The lowest BCUT2D eigenvalue weighted by Crippen LogP contribution is -2.50. The first-order chi connectivity index (χ1) is 11.7. The smallest absolute Gasteiger partial charge is 0.234 e. The van der Waals surface area contributed by atoms with Crippen molar-refractivity contribution in [2.75, 3.05) is 52.4 Å². The van der Waals surface area contributed by atoms with E-state index in [9.17, 15) is 9.90 Å². The van der Waals surface area contributed by atoms with E-state index in [4.69, 9.17) is 9.15 Å². The molecule has 0 aliphatic carbocycles. The molecule has 1 aromatic heterocycles. The molecular formula is C17H29Cl2N3O4. The molecule has 3 rings (SSSR count). The summed E-state index contributed by atoms with van der Waals surface area (Å²) in [6.07, 6.45) is 3.30. The van der Waals surface area contributed by atoms with Crippen molar-refractivity contribution in [1.82, 2.24) is 15.1 Å². The second-order valence-electron chi connectivity index (χ2n) is 6.55. The van der Waals surface area contributed by atoms with E-state index in [1.165, 1.54) is 0 Å². The Labute approximate surface area is 166 Å². The Balaban J connectivity index is 0.00000169. The van der Waals surface area contributed by atoms with Gasteiger partial charge in [-0.05, 0) is 25.0 Å². The predicted molar refractivity (Wildman–Crippen MR) is 103 cm³/mol. The van der Waals surface area contributed by atoms with Crippen LogP contribution < -0.4 is 5.32 Å². The fourth-order valence-electron chi connectivity index (χ4n) is 3.24. The van der Waals surface area contributed by atoms with Crippen LogP contribution in [0.25, 0.3) is 0 Å². The summed E-state index contributed by atoms with van der Waals surface area (Å²) in [5.41, 5.74) is 0. The van der Waals surface area contributed by atoms with Crippen molar-refractivity contribution in [2.24, 2.45) is 0 Å². The minimum atomic E-state index is -0.596. The minimum Gasteiger partial charge on any atom is -0.467 e. The average molecular weight is 410 g/mol. The lowest BCUT2D eigenvalue weighted by molar-refractivity contribution is -0.123. The third kappa shape index (κ3) is 7.06. The van der Waals surface area contributed by atoms with Gasteiger partial charge in [0.15, 0.2) is 0 Å². The zero-order valence-electron chi connectivity index (χ0n) is 14.8. The number of carbonyl (C=O) groups is 1. The van der Waals surface area contributed by atoms with Crippen molar-refractivity contribution in [3.8, 4) is 0 Å². The summed E-state index contributed by atoms with van der Waals surface area (Å²) in [5.74, 6) is 0.667. The van der Waals surface area contributed by atoms with Gasteiger partial charge in [0.2, 0.25) is 5.91 Å². The maximum atomic E-state index is 12.0. The van der Waals surface area contributed by atoms with Crippen LogP contribution in [-0.2, 0) is 9.53 Å². The van der Waals surface area contributed by atoms with Gasteiger partial charge in [0, 0.05) is 45.9 Å². The number of aliphatic hydroxyl groups excluding tert-OH is 1. The van der Waals surface area contributed by atoms with E-state index < -0.39 is 6.10 Å². The quantitative estimate of drug-likeness (QED) is 0.701. The first kappa shape index (κ1) is 23.2. The van der Waals surface area contributed by atoms with Crippen molar-refractivity contribution < 1.29 is 19.1 Å². The Hall–Kier alpha value is -0.830. The Morgan fingerprint density at radius 1 is 1.27 bits per heavy atom. The van der Waals surface area contributed by atoms with Crippen LogP contribution in [0.5, 0.6) is 0 Å². The van der Waals surface area contributed by atoms with Crippen molar-refractivity contribution in [3.63, 3.8) is 0 Å². The van der Waals surface area contributed by atoms with Crippen LogP contribution >= 0.6 is 24.8 Å². The molecule has 0 spiro atoms. The number of hydrogen-bond donors (Lipinski definition) is 2. The van der Waals surface area contributed by atoms with Gasteiger partial charge in [0.05, 0.1) is 18.9 Å². The normalized spacial score (nSPS) is 22.3. The van der Waals surface area contributed by atoms with Gasteiger partial charge < -0.3 is 19.6 Å². The molecule has 2 unspecified atom stereocenters. The summed E-state index contributed by atoms with van der Waals surface area (Å²) in [6.45, 7) is 5.78. The summed E-state index contributed by atoms with van der Waals surface area (Å²) >= 11 is 0. The highest BCUT2D eigenvalue weighted by molar-refractivity contribution is 5.85. The number of rotatable bonds is 7. The minimum absolute atomic E-state index is 0. The molecule has 0 saturated carbocycles. The molecule has 2 aliphatic heterocycles. The van der Waals surface area contributed by atoms with Crippen LogP contribution in [0, 0.1) is 0 Å². The molecule has 0 bridgehead atoms. The largest absolute Gasteiger partial charge is 0.467 e. The fraction of sp³-hybridized carbons (Fsp3) is 0.706. The molecule has 0 radical (unpaired) electrons. The maximum Gasteiger partial charge on any atom is 0.234 e.